The molecule has 0 saturated heterocycles. The predicted octanol–water partition coefficient (Wildman–Crippen LogP) is 2.05. The van der Waals surface area contributed by atoms with Crippen LogP contribution in [0.4, 0.5) is 4.39 Å². The standard InChI is InChI=1S/C16H26FN3O2S/c1-16(2,3)23(21,22)10-9-19-15(18-4)20(5)12-13-7-6-8-14(17)11-13/h6-8,11H,9-10,12H2,1-5H3,(H,18,19). The second-order valence-electron chi connectivity index (χ2n) is 6.39. The van der Waals surface area contributed by atoms with Gasteiger partial charge in [0.2, 0.25) is 0 Å². The second-order valence-corrected chi connectivity index (χ2v) is 9.25. The fraction of sp³-hybridized carbons (Fsp3) is 0.562. The van der Waals surface area contributed by atoms with Gasteiger partial charge >= 0.3 is 0 Å². The zero-order chi connectivity index (χ0) is 17.7. The largest absolute Gasteiger partial charge is 0.355 e. The number of rotatable bonds is 5. The summed E-state index contributed by atoms with van der Waals surface area (Å²) in [6.07, 6.45) is 0. The van der Waals surface area contributed by atoms with Gasteiger partial charge in [0.15, 0.2) is 15.8 Å². The van der Waals surface area contributed by atoms with Gasteiger partial charge in [-0.05, 0) is 38.5 Å². The lowest BCUT2D eigenvalue weighted by Gasteiger charge is -2.23. The number of aliphatic imine (C=N–C) groups is 1. The van der Waals surface area contributed by atoms with E-state index in [1.807, 2.05) is 18.0 Å². The van der Waals surface area contributed by atoms with Crippen molar-refractivity contribution in [2.75, 3.05) is 26.4 Å². The number of benzene rings is 1. The van der Waals surface area contributed by atoms with Gasteiger partial charge in [0, 0.05) is 27.2 Å². The molecule has 0 fully saturated rings. The van der Waals surface area contributed by atoms with Crippen LogP contribution in [-0.2, 0) is 16.4 Å². The Morgan fingerprint density at radius 2 is 2.00 bits per heavy atom. The van der Waals surface area contributed by atoms with Gasteiger partial charge in [0.25, 0.3) is 0 Å². The van der Waals surface area contributed by atoms with Crippen molar-refractivity contribution in [1.82, 2.24) is 10.2 Å². The minimum Gasteiger partial charge on any atom is -0.355 e. The molecule has 0 aliphatic carbocycles. The molecular weight excluding hydrogens is 317 g/mol. The highest BCUT2D eigenvalue weighted by molar-refractivity contribution is 7.92. The zero-order valence-corrected chi connectivity index (χ0v) is 15.2. The van der Waals surface area contributed by atoms with E-state index in [0.29, 0.717) is 12.5 Å². The summed E-state index contributed by atoms with van der Waals surface area (Å²) in [7, 11) is 0.268. The molecule has 0 saturated carbocycles. The molecule has 130 valence electrons. The van der Waals surface area contributed by atoms with E-state index in [4.69, 9.17) is 0 Å². The Labute approximate surface area is 138 Å². The number of guanidine groups is 1. The smallest absolute Gasteiger partial charge is 0.193 e. The maximum absolute atomic E-state index is 13.2. The maximum atomic E-state index is 13.2. The van der Waals surface area contributed by atoms with Crippen LogP contribution in [0.15, 0.2) is 29.3 Å². The molecule has 0 aliphatic rings. The summed E-state index contributed by atoms with van der Waals surface area (Å²) in [4.78, 5) is 5.95. The minimum atomic E-state index is -3.18. The van der Waals surface area contributed by atoms with Crippen molar-refractivity contribution in [3.8, 4) is 0 Å². The van der Waals surface area contributed by atoms with Gasteiger partial charge in [-0.1, -0.05) is 12.1 Å². The van der Waals surface area contributed by atoms with Crippen LogP contribution < -0.4 is 5.32 Å². The van der Waals surface area contributed by atoms with E-state index >= 15 is 0 Å². The maximum Gasteiger partial charge on any atom is 0.193 e. The number of nitrogens with one attached hydrogen (secondary N) is 1. The van der Waals surface area contributed by atoms with Crippen LogP contribution in [0.1, 0.15) is 26.3 Å². The van der Waals surface area contributed by atoms with Gasteiger partial charge in [-0.15, -0.1) is 0 Å². The Kier molecular flexibility index (Phi) is 6.56. The Morgan fingerprint density at radius 3 is 2.52 bits per heavy atom. The third-order valence-corrected chi connectivity index (χ3v) is 6.08. The van der Waals surface area contributed by atoms with Crippen LogP contribution in [-0.4, -0.2) is 50.4 Å². The molecule has 0 aromatic heterocycles. The summed E-state index contributed by atoms with van der Waals surface area (Å²) < 4.78 is 36.6. The van der Waals surface area contributed by atoms with E-state index in [-0.39, 0.29) is 18.1 Å². The summed E-state index contributed by atoms with van der Waals surface area (Å²) >= 11 is 0. The topological polar surface area (TPSA) is 61.8 Å². The molecule has 1 aromatic carbocycles. The zero-order valence-electron chi connectivity index (χ0n) is 14.4. The van der Waals surface area contributed by atoms with E-state index in [2.05, 4.69) is 10.3 Å². The van der Waals surface area contributed by atoms with E-state index < -0.39 is 14.6 Å². The summed E-state index contributed by atoms with van der Waals surface area (Å²) in [6.45, 7) is 5.82. The van der Waals surface area contributed by atoms with Crippen molar-refractivity contribution in [2.24, 2.45) is 4.99 Å². The minimum absolute atomic E-state index is 0.0311. The van der Waals surface area contributed by atoms with Crippen molar-refractivity contribution >= 4 is 15.8 Å². The molecule has 5 nitrogen and oxygen atoms in total. The number of nitrogens with zero attached hydrogens (tertiary/aromatic N) is 2. The summed E-state index contributed by atoms with van der Waals surface area (Å²) in [5.74, 6) is 0.317. The van der Waals surface area contributed by atoms with Crippen molar-refractivity contribution in [3.63, 3.8) is 0 Å². The normalized spacial score (nSPS) is 13.0. The van der Waals surface area contributed by atoms with Crippen LogP contribution in [0.2, 0.25) is 0 Å². The van der Waals surface area contributed by atoms with Crippen LogP contribution in [0.25, 0.3) is 0 Å². The van der Waals surface area contributed by atoms with E-state index in [1.54, 1.807) is 33.9 Å². The molecule has 0 aliphatic heterocycles. The molecule has 23 heavy (non-hydrogen) atoms. The van der Waals surface area contributed by atoms with E-state index in [9.17, 15) is 12.8 Å². The van der Waals surface area contributed by atoms with Crippen LogP contribution in [0, 0.1) is 5.82 Å². The van der Waals surface area contributed by atoms with Crippen molar-refractivity contribution < 1.29 is 12.8 Å². The number of sulfone groups is 1. The Hall–Kier alpha value is -1.63. The molecule has 0 unspecified atom stereocenters. The van der Waals surface area contributed by atoms with Gasteiger partial charge in [0.1, 0.15) is 5.82 Å². The van der Waals surface area contributed by atoms with Gasteiger partial charge in [-0.2, -0.15) is 0 Å². The van der Waals surface area contributed by atoms with E-state index in [0.717, 1.165) is 5.56 Å². The Bertz CT molecular complexity index is 652. The van der Waals surface area contributed by atoms with Crippen molar-refractivity contribution in [3.05, 3.63) is 35.6 Å². The first-order valence-electron chi connectivity index (χ1n) is 7.45. The van der Waals surface area contributed by atoms with Crippen molar-refractivity contribution in [2.45, 2.75) is 32.1 Å². The molecule has 0 spiro atoms. The highest BCUT2D eigenvalue weighted by Gasteiger charge is 2.28. The fourth-order valence-electron chi connectivity index (χ4n) is 1.97. The first kappa shape index (κ1) is 19.4. The molecule has 0 radical (unpaired) electrons. The number of halogens is 1. The first-order chi connectivity index (χ1) is 10.6. The summed E-state index contributed by atoms with van der Waals surface area (Å²) in [5.41, 5.74) is 0.817. The molecule has 0 atom stereocenters. The first-order valence-corrected chi connectivity index (χ1v) is 9.10. The molecular formula is C16H26FN3O2S. The third kappa shape index (κ3) is 5.82. The third-order valence-electron chi connectivity index (χ3n) is 3.47. The van der Waals surface area contributed by atoms with Gasteiger partial charge in [-0.3, -0.25) is 4.99 Å². The van der Waals surface area contributed by atoms with Crippen LogP contribution >= 0.6 is 0 Å². The predicted molar refractivity (Wildman–Crippen MR) is 92.8 cm³/mol. The molecule has 1 aromatic rings. The lowest BCUT2D eigenvalue weighted by Crippen LogP contribution is -2.42. The van der Waals surface area contributed by atoms with Gasteiger partial charge in [0.05, 0.1) is 10.5 Å². The van der Waals surface area contributed by atoms with Gasteiger partial charge in [-0.25, -0.2) is 12.8 Å². The number of hydrogen-bond donors (Lipinski definition) is 1. The Balaban J connectivity index is 2.61. The average molecular weight is 343 g/mol. The lowest BCUT2D eigenvalue weighted by atomic mass is 10.2. The van der Waals surface area contributed by atoms with E-state index in [1.165, 1.54) is 12.1 Å². The summed E-state index contributed by atoms with van der Waals surface area (Å²) in [5, 5.41) is 3.04. The van der Waals surface area contributed by atoms with Crippen molar-refractivity contribution in [1.29, 1.82) is 0 Å². The molecule has 7 heteroatoms. The quantitative estimate of drug-likeness (QED) is 0.656. The summed E-state index contributed by atoms with van der Waals surface area (Å²) in [6, 6.07) is 6.35. The Morgan fingerprint density at radius 1 is 1.35 bits per heavy atom. The molecule has 1 N–H and O–H groups in total. The SMILES string of the molecule is CN=C(NCCS(=O)(=O)C(C)(C)C)N(C)Cc1cccc(F)c1. The molecule has 0 bridgehead atoms. The molecule has 0 amide bonds. The van der Waals surface area contributed by atoms with Crippen LogP contribution in [0.5, 0.6) is 0 Å². The molecule has 1 rings (SSSR count). The highest BCUT2D eigenvalue weighted by atomic mass is 32.2. The molecule has 0 heterocycles. The number of hydrogen-bond acceptors (Lipinski definition) is 3. The van der Waals surface area contributed by atoms with Crippen LogP contribution in [0.3, 0.4) is 0 Å². The fourth-order valence-corrected chi connectivity index (χ4v) is 2.96. The highest BCUT2D eigenvalue weighted by Crippen LogP contribution is 2.15. The van der Waals surface area contributed by atoms with Gasteiger partial charge < -0.3 is 10.2 Å². The monoisotopic (exact) mass is 343 g/mol. The second kappa shape index (κ2) is 7.77. The average Bonchev–Trinajstić information content (AvgIpc) is 2.42. The lowest BCUT2D eigenvalue weighted by molar-refractivity contribution is 0.476.